The number of nitrogens with zero attached hydrogens (tertiary/aromatic N) is 1. The number of nitrogens with one attached hydrogen (secondary N) is 1. The van der Waals surface area contributed by atoms with Crippen LogP contribution in [-0.2, 0) is 26.3 Å². The number of nitrogens with two attached hydrogens (primary N) is 1. The summed E-state index contributed by atoms with van der Waals surface area (Å²) >= 11 is 0. The highest BCUT2D eigenvalue weighted by Gasteiger charge is 2.42. The smallest absolute Gasteiger partial charge is 0.491 e. The third-order valence-electron chi connectivity index (χ3n) is 5.93. The van der Waals surface area contributed by atoms with Gasteiger partial charge in [-0.15, -0.1) is 0 Å². The number of hydrogen-bond acceptors (Lipinski definition) is 8. The van der Waals surface area contributed by atoms with Crippen LogP contribution in [0.4, 0.5) is 13.2 Å². The van der Waals surface area contributed by atoms with Crippen molar-refractivity contribution in [2.24, 2.45) is 5.73 Å². The first kappa shape index (κ1) is 30.1. The van der Waals surface area contributed by atoms with Crippen molar-refractivity contribution in [1.29, 1.82) is 5.41 Å². The van der Waals surface area contributed by atoms with Gasteiger partial charge in [-0.2, -0.15) is 13.2 Å². The zero-order valence-corrected chi connectivity index (χ0v) is 22.2. The van der Waals surface area contributed by atoms with E-state index in [1.807, 2.05) is 0 Å². The molecule has 13 heteroatoms. The first-order valence-corrected chi connectivity index (χ1v) is 12.1. The lowest BCUT2D eigenvalue weighted by Gasteiger charge is -2.24. The molecule has 40 heavy (non-hydrogen) atoms. The fraction of sp³-hybridized carbons (Fsp3) is 0.370. The summed E-state index contributed by atoms with van der Waals surface area (Å²) in [6.45, 7) is 6.56. The number of amidine groups is 1. The lowest BCUT2D eigenvalue weighted by molar-refractivity contribution is -0.202. The van der Waals surface area contributed by atoms with Crippen molar-refractivity contribution < 1.29 is 46.6 Å². The predicted molar refractivity (Wildman–Crippen MR) is 135 cm³/mol. The molecule has 0 saturated heterocycles. The molecule has 1 heterocycles. The first-order chi connectivity index (χ1) is 18.5. The average Bonchev–Trinajstić information content (AvgIpc) is 3.15. The third kappa shape index (κ3) is 6.77. The minimum absolute atomic E-state index is 0.0387. The van der Waals surface area contributed by atoms with Crippen LogP contribution in [-0.4, -0.2) is 60.3 Å². The number of esters is 2. The van der Waals surface area contributed by atoms with Gasteiger partial charge < -0.3 is 24.8 Å². The Kier molecular flexibility index (Phi) is 8.56. The van der Waals surface area contributed by atoms with E-state index in [2.05, 4.69) is 4.74 Å². The molecule has 3 N–H and O–H groups in total. The van der Waals surface area contributed by atoms with E-state index in [4.69, 9.17) is 20.6 Å². The Hall–Kier alpha value is -4.42. The SMILES string of the molecule is CCOc1cc2c(cc1C(N)=O)C(=N)N(CC(=O)c1ccc(OCC(=O)OC(=O)C(F)(F)F)c(C(C)(C)C)c1)C2. The molecule has 3 rings (SSSR count). The summed E-state index contributed by atoms with van der Waals surface area (Å²) in [5.41, 5.74) is 6.87. The van der Waals surface area contributed by atoms with Crippen LogP contribution in [0.2, 0.25) is 0 Å². The third-order valence-corrected chi connectivity index (χ3v) is 5.93. The summed E-state index contributed by atoms with van der Waals surface area (Å²) in [4.78, 5) is 49.1. The Labute approximate surface area is 227 Å². The van der Waals surface area contributed by atoms with Crippen LogP contribution in [0.1, 0.15) is 65.1 Å². The van der Waals surface area contributed by atoms with Crippen LogP contribution >= 0.6 is 0 Å². The van der Waals surface area contributed by atoms with Gasteiger partial charge in [-0.1, -0.05) is 20.8 Å². The largest absolute Gasteiger partial charge is 0.493 e. The van der Waals surface area contributed by atoms with E-state index in [0.29, 0.717) is 29.0 Å². The van der Waals surface area contributed by atoms with Crippen molar-refractivity contribution in [2.45, 2.75) is 45.8 Å². The predicted octanol–water partition coefficient (Wildman–Crippen LogP) is 3.52. The highest BCUT2D eigenvalue weighted by molar-refractivity contribution is 6.07. The average molecular weight is 564 g/mol. The van der Waals surface area contributed by atoms with Gasteiger partial charge in [0.25, 0.3) is 5.91 Å². The number of halogens is 3. The number of primary amides is 1. The molecule has 10 nitrogen and oxygen atoms in total. The molecule has 2 aromatic rings. The molecule has 0 unspecified atom stereocenters. The van der Waals surface area contributed by atoms with Gasteiger partial charge in [0.2, 0.25) is 0 Å². The van der Waals surface area contributed by atoms with Crippen LogP contribution in [0.25, 0.3) is 0 Å². The topological polar surface area (TPSA) is 149 Å². The second kappa shape index (κ2) is 11.4. The maximum Gasteiger partial charge on any atom is 0.491 e. The molecule has 0 bridgehead atoms. The summed E-state index contributed by atoms with van der Waals surface area (Å²) in [5.74, 6) is -4.77. The van der Waals surface area contributed by atoms with Gasteiger partial charge in [0.15, 0.2) is 12.4 Å². The van der Waals surface area contributed by atoms with Gasteiger partial charge in [-0.05, 0) is 48.2 Å². The standard InChI is InChI=1S/C27H28F3N3O7/c1-5-38-21-9-15-11-33(23(31)16(15)10-17(21)24(32)36)12-19(34)14-6-7-20(18(8-14)26(2,3)4)39-13-22(35)40-25(37)27(28,29)30/h6-10,31H,5,11-13H2,1-4H3,(H2,32,36). The summed E-state index contributed by atoms with van der Waals surface area (Å²) in [6, 6.07) is 7.46. The fourth-order valence-corrected chi connectivity index (χ4v) is 4.04. The number of alkyl halides is 3. The van der Waals surface area contributed by atoms with Crippen molar-refractivity contribution in [3.05, 3.63) is 58.1 Å². The minimum atomic E-state index is -5.32. The fourth-order valence-electron chi connectivity index (χ4n) is 4.04. The van der Waals surface area contributed by atoms with E-state index in [1.165, 1.54) is 29.2 Å². The Balaban J connectivity index is 1.77. The summed E-state index contributed by atoms with van der Waals surface area (Å²) in [6.07, 6.45) is -5.32. The zero-order chi connectivity index (χ0) is 30.0. The minimum Gasteiger partial charge on any atom is -0.493 e. The highest BCUT2D eigenvalue weighted by Crippen LogP contribution is 2.34. The molecule has 0 aliphatic carbocycles. The lowest BCUT2D eigenvalue weighted by atomic mass is 9.85. The van der Waals surface area contributed by atoms with Crippen molar-refractivity contribution in [1.82, 2.24) is 4.90 Å². The van der Waals surface area contributed by atoms with E-state index in [9.17, 15) is 32.3 Å². The molecule has 0 radical (unpaired) electrons. The van der Waals surface area contributed by atoms with Crippen LogP contribution in [0.3, 0.4) is 0 Å². The summed E-state index contributed by atoms with van der Waals surface area (Å²) < 4.78 is 51.5. The van der Waals surface area contributed by atoms with E-state index in [-0.39, 0.29) is 41.6 Å². The molecule has 1 aliphatic heterocycles. The number of ether oxygens (including phenoxy) is 3. The van der Waals surface area contributed by atoms with Crippen LogP contribution in [0, 0.1) is 5.41 Å². The number of ketones is 1. The Bertz CT molecular complexity index is 1380. The Morgan fingerprint density at radius 1 is 1.02 bits per heavy atom. The van der Waals surface area contributed by atoms with Crippen LogP contribution in [0.5, 0.6) is 11.5 Å². The van der Waals surface area contributed by atoms with Crippen molar-refractivity contribution in [3.63, 3.8) is 0 Å². The van der Waals surface area contributed by atoms with Gasteiger partial charge in [0, 0.05) is 23.2 Å². The Morgan fingerprint density at radius 3 is 2.27 bits per heavy atom. The number of benzene rings is 2. The van der Waals surface area contributed by atoms with Crippen molar-refractivity contribution >= 4 is 29.5 Å². The zero-order valence-electron chi connectivity index (χ0n) is 22.2. The summed E-state index contributed by atoms with van der Waals surface area (Å²) in [5, 5.41) is 8.53. The monoisotopic (exact) mass is 563 g/mol. The molecule has 214 valence electrons. The number of Topliss-reactive ketones (excluding diaryl/α,β-unsaturated/α-hetero) is 1. The number of fused-ring (bicyclic) bond motifs is 1. The maximum atomic E-state index is 13.2. The Morgan fingerprint density at radius 2 is 1.70 bits per heavy atom. The van der Waals surface area contributed by atoms with Gasteiger partial charge in [-0.3, -0.25) is 15.0 Å². The van der Waals surface area contributed by atoms with Gasteiger partial charge in [0.05, 0.1) is 18.7 Å². The molecular formula is C27H28F3N3O7. The second-order valence-corrected chi connectivity index (χ2v) is 9.94. The maximum absolute atomic E-state index is 13.2. The molecule has 0 spiro atoms. The van der Waals surface area contributed by atoms with Gasteiger partial charge in [0.1, 0.15) is 17.3 Å². The van der Waals surface area contributed by atoms with E-state index >= 15 is 0 Å². The molecular weight excluding hydrogens is 535 g/mol. The normalized spacial score (nSPS) is 13.1. The van der Waals surface area contributed by atoms with Crippen molar-refractivity contribution in [3.8, 4) is 11.5 Å². The van der Waals surface area contributed by atoms with Crippen LogP contribution in [0.15, 0.2) is 30.3 Å². The number of carbonyl (C=O) groups excluding carboxylic acids is 4. The quantitative estimate of drug-likeness (QED) is 0.267. The first-order valence-electron chi connectivity index (χ1n) is 12.1. The van der Waals surface area contributed by atoms with Gasteiger partial charge in [-0.25, -0.2) is 9.59 Å². The molecule has 0 aromatic heterocycles. The molecule has 2 aromatic carbocycles. The van der Waals surface area contributed by atoms with Crippen LogP contribution < -0.4 is 15.2 Å². The molecule has 0 atom stereocenters. The lowest BCUT2D eigenvalue weighted by Crippen LogP contribution is -2.31. The molecule has 1 aliphatic rings. The van der Waals surface area contributed by atoms with Gasteiger partial charge >= 0.3 is 18.1 Å². The molecule has 1 amide bonds. The number of hydrogen-bond donors (Lipinski definition) is 2. The highest BCUT2D eigenvalue weighted by atomic mass is 19.4. The molecule has 0 fully saturated rings. The number of carbonyl (C=O) groups is 4. The number of rotatable bonds is 9. The van der Waals surface area contributed by atoms with Crippen molar-refractivity contribution in [2.75, 3.05) is 19.8 Å². The summed E-state index contributed by atoms with van der Waals surface area (Å²) in [7, 11) is 0. The van der Waals surface area contributed by atoms with E-state index in [1.54, 1.807) is 33.8 Å². The molecule has 0 saturated carbocycles. The van der Waals surface area contributed by atoms with E-state index < -0.39 is 36.0 Å². The van der Waals surface area contributed by atoms with E-state index in [0.717, 1.165) is 0 Å². The number of amides is 1. The second-order valence-electron chi connectivity index (χ2n) is 9.94.